The van der Waals surface area contributed by atoms with Crippen LogP contribution in [0.1, 0.15) is 30.0 Å². The van der Waals surface area contributed by atoms with Gasteiger partial charge in [-0.1, -0.05) is 6.07 Å². The van der Waals surface area contributed by atoms with Crippen molar-refractivity contribution in [2.75, 3.05) is 6.54 Å². The summed E-state index contributed by atoms with van der Waals surface area (Å²) in [6.45, 7) is 0.838. The summed E-state index contributed by atoms with van der Waals surface area (Å²) in [4.78, 5) is 0. The van der Waals surface area contributed by atoms with Crippen LogP contribution in [0.5, 0.6) is 5.75 Å². The maximum Gasteiger partial charge on any atom is 0.416 e. The van der Waals surface area contributed by atoms with Gasteiger partial charge in [0.25, 0.3) is 0 Å². The van der Waals surface area contributed by atoms with E-state index in [1.807, 2.05) is 0 Å². The minimum atomic E-state index is -4.40. The summed E-state index contributed by atoms with van der Waals surface area (Å²) >= 11 is 0. The number of alkyl halides is 3. The quantitative estimate of drug-likeness (QED) is 0.779. The van der Waals surface area contributed by atoms with Crippen molar-refractivity contribution >= 4 is 0 Å². The van der Waals surface area contributed by atoms with Crippen molar-refractivity contribution in [3.05, 3.63) is 29.3 Å². The van der Waals surface area contributed by atoms with E-state index in [2.05, 4.69) is 5.32 Å². The van der Waals surface area contributed by atoms with Gasteiger partial charge in [0.2, 0.25) is 0 Å². The molecule has 1 atom stereocenters. The molecule has 0 amide bonds. The predicted molar refractivity (Wildman–Crippen MR) is 53.1 cm³/mol. The first-order valence-corrected chi connectivity index (χ1v) is 5.12. The van der Waals surface area contributed by atoms with Crippen LogP contribution in [0, 0.1) is 0 Å². The van der Waals surface area contributed by atoms with Crippen LogP contribution < -0.4 is 5.32 Å². The van der Waals surface area contributed by atoms with Gasteiger partial charge < -0.3 is 10.4 Å². The van der Waals surface area contributed by atoms with Crippen molar-refractivity contribution < 1.29 is 18.3 Å². The number of rotatable bonds is 1. The van der Waals surface area contributed by atoms with Crippen molar-refractivity contribution in [2.45, 2.75) is 25.1 Å². The number of phenols is 1. The average Bonchev–Trinajstić information content (AvgIpc) is 2.69. The molecule has 1 saturated heterocycles. The zero-order valence-corrected chi connectivity index (χ0v) is 8.51. The Kier molecular flexibility index (Phi) is 2.80. The molecular weight excluding hydrogens is 219 g/mol. The molecule has 5 heteroatoms. The van der Waals surface area contributed by atoms with Gasteiger partial charge in [-0.15, -0.1) is 0 Å². The number of hydrogen-bond donors (Lipinski definition) is 2. The molecule has 0 radical (unpaired) electrons. The molecule has 1 aliphatic rings. The highest BCUT2D eigenvalue weighted by molar-refractivity contribution is 5.39. The molecule has 0 aromatic heterocycles. The van der Waals surface area contributed by atoms with E-state index in [1.165, 1.54) is 6.07 Å². The molecule has 1 heterocycles. The Morgan fingerprint density at radius 1 is 1.31 bits per heavy atom. The third kappa shape index (κ3) is 2.14. The first kappa shape index (κ1) is 11.3. The average molecular weight is 231 g/mol. The van der Waals surface area contributed by atoms with Crippen LogP contribution in [0.4, 0.5) is 13.2 Å². The maximum atomic E-state index is 12.4. The fourth-order valence-corrected chi connectivity index (χ4v) is 1.96. The van der Waals surface area contributed by atoms with Crippen LogP contribution in [0.25, 0.3) is 0 Å². The summed E-state index contributed by atoms with van der Waals surface area (Å²) in [6, 6.07) is 3.12. The Bertz CT molecular complexity index is 383. The second-order valence-electron chi connectivity index (χ2n) is 3.92. The Balaban J connectivity index is 2.29. The van der Waals surface area contributed by atoms with E-state index in [-0.39, 0.29) is 11.8 Å². The third-order valence-corrected chi connectivity index (χ3v) is 2.79. The topological polar surface area (TPSA) is 32.3 Å². The molecule has 1 fully saturated rings. The number of benzene rings is 1. The number of phenolic OH excluding ortho intramolecular Hbond substituents is 1. The smallest absolute Gasteiger partial charge is 0.416 e. The van der Waals surface area contributed by atoms with Gasteiger partial charge >= 0.3 is 6.18 Å². The fraction of sp³-hybridized carbons (Fsp3) is 0.455. The molecule has 0 bridgehead atoms. The molecule has 1 aromatic rings. The molecule has 1 aromatic carbocycles. The lowest BCUT2D eigenvalue weighted by molar-refractivity contribution is -0.137. The molecule has 0 aliphatic carbocycles. The third-order valence-electron chi connectivity index (χ3n) is 2.79. The minimum absolute atomic E-state index is 0.0257. The highest BCUT2D eigenvalue weighted by Crippen LogP contribution is 2.36. The van der Waals surface area contributed by atoms with Gasteiger partial charge in [-0.25, -0.2) is 0 Å². The molecule has 2 N–H and O–H groups in total. The number of nitrogens with one attached hydrogen (secondary N) is 1. The van der Waals surface area contributed by atoms with Crippen molar-refractivity contribution in [2.24, 2.45) is 0 Å². The maximum absolute atomic E-state index is 12.4. The molecular formula is C11H12F3NO. The molecule has 0 saturated carbocycles. The highest BCUT2D eigenvalue weighted by atomic mass is 19.4. The van der Waals surface area contributed by atoms with Gasteiger partial charge in [-0.05, 0) is 31.5 Å². The van der Waals surface area contributed by atoms with Gasteiger partial charge in [-0.3, -0.25) is 0 Å². The van der Waals surface area contributed by atoms with Crippen molar-refractivity contribution in [1.29, 1.82) is 0 Å². The number of halogens is 3. The second-order valence-corrected chi connectivity index (χ2v) is 3.92. The lowest BCUT2D eigenvalue weighted by Crippen LogP contribution is -2.13. The Labute approximate surface area is 91.1 Å². The van der Waals surface area contributed by atoms with Crippen LogP contribution in [-0.2, 0) is 6.18 Å². The summed E-state index contributed by atoms with van der Waals surface area (Å²) in [5, 5.41) is 12.7. The van der Waals surface area contributed by atoms with Crippen LogP contribution >= 0.6 is 0 Å². The van der Waals surface area contributed by atoms with E-state index >= 15 is 0 Å². The Morgan fingerprint density at radius 2 is 2.06 bits per heavy atom. The zero-order chi connectivity index (χ0) is 11.8. The number of aromatic hydroxyl groups is 1. The van der Waals surface area contributed by atoms with Crippen LogP contribution in [-0.4, -0.2) is 11.7 Å². The van der Waals surface area contributed by atoms with Crippen molar-refractivity contribution in [3.8, 4) is 5.75 Å². The van der Waals surface area contributed by atoms with Gasteiger partial charge in [0.1, 0.15) is 5.75 Å². The van der Waals surface area contributed by atoms with Crippen molar-refractivity contribution in [1.82, 2.24) is 5.32 Å². The molecule has 0 unspecified atom stereocenters. The largest absolute Gasteiger partial charge is 0.508 e. The summed E-state index contributed by atoms with van der Waals surface area (Å²) < 4.78 is 37.1. The minimum Gasteiger partial charge on any atom is -0.508 e. The monoisotopic (exact) mass is 231 g/mol. The van der Waals surface area contributed by atoms with E-state index < -0.39 is 11.7 Å². The zero-order valence-electron chi connectivity index (χ0n) is 8.51. The summed E-state index contributed by atoms with van der Waals surface area (Å²) in [5.74, 6) is -0.283. The summed E-state index contributed by atoms with van der Waals surface area (Å²) in [7, 11) is 0. The molecule has 88 valence electrons. The van der Waals surface area contributed by atoms with Crippen molar-refractivity contribution in [3.63, 3.8) is 0 Å². The normalized spacial score (nSPS) is 21.3. The van der Waals surface area contributed by atoms with Gasteiger partial charge in [0.05, 0.1) is 5.56 Å². The van der Waals surface area contributed by atoms with Gasteiger partial charge in [0, 0.05) is 11.6 Å². The van der Waals surface area contributed by atoms with Gasteiger partial charge in [-0.2, -0.15) is 13.2 Å². The predicted octanol–water partition coefficient (Wildman–Crippen LogP) is 2.84. The van der Waals surface area contributed by atoms with E-state index in [0.29, 0.717) is 5.56 Å². The lowest BCUT2D eigenvalue weighted by Gasteiger charge is -2.14. The summed E-state index contributed by atoms with van der Waals surface area (Å²) in [6.07, 6.45) is -2.58. The molecule has 2 nitrogen and oxygen atoms in total. The van der Waals surface area contributed by atoms with E-state index in [0.717, 1.165) is 31.5 Å². The lowest BCUT2D eigenvalue weighted by atomic mass is 10.0. The Morgan fingerprint density at radius 3 is 2.56 bits per heavy atom. The standard InChI is InChI=1S/C11H12F3NO/c12-11(13,14)7-3-4-8(10(16)6-7)9-2-1-5-15-9/h3-4,6,9,15-16H,1-2,5H2/t9-/m0/s1. The van der Waals surface area contributed by atoms with Crippen LogP contribution in [0.3, 0.4) is 0 Å². The van der Waals surface area contributed by atoms with Crippen LogP contribution in [0.15, 0.2) is 18.2 Å². The van der Waals surface area contributed by atoms with Crippen LogP contribution in [0.2, 0.25) is 0 Å². The summed E-state index contributed by atoms with van der Waals surface area (Å²) in [5.41, 5.74) is -0.266. The second kappa shape index (κ2) is 3.97. The van der Waals surface area contributed by atoms with E-state index in [9.17, 15) is 18.3 Å². The highest BCUT2D eigenvalue weighted by Gasteiger charge is 2.31. The molecule has 1 aliphatic heterocycles. The fourth-order valence-electron chi connectivity index (χ4n) is 1.96. The van der Waals surface area contributed by atoms with E-state index in [1.54, 1.807) is 0 Å². The Hall–Kier alpha value is -1.23. The van der Waals surface area contributed by atoms with Gasteiger partial charge in [0.15, 0.2) is 0 Å². The SMILES string of the molecule is Oc1cc(C(F)(F)F)ccc1[C@@H]1CCCN1. The van der Waals surface area contributed by atoms with E-state index in [4.69, 9.17) is 0 Å². The first-order valence-electron chi connectivity index (χ1n) is 5.12. The first-order chi connectivity index (χ1) is 7.48. The molecule has 0 spiro atoms. The number of hydrogen-bond acceptors (Lipinski definition) is 2. The molecule has 2 rings (SSSR count). The molecule has 16 heavy (non-hydrogen) atoms.